The maximum atomic E-state index is 12.5. The Morgan fingerprint density at radius 1 is 1.10 bits per heavy atom. The first-order valence-electron chi connectivity index (χ1n) is 8.25. The minimum atomic E-state index is 0.0677. The van der Waals surface area contributed by atoms with Crippen LogP contribution in [0.4, 0.5) is 0 Å². The van der Waals surface area contributed by atoms with E-state index in [1.165, 1.54) is 38.5 Å². The second-order valence-corrected chi connectivity index (χ2v) is 8.00. The minimum Gasteiger partial charge on any atom is -0.265 e. The molecule has 3 nitrogen and oxygen atoms in total. The third-order valence-corrected chi connectivity index (χ3v) is 6.18. The highest BCUT2D eigenvalue weighted by Crippen LogP contribution is 2.63. The molecule has 1 amide bonds. The normalized spacial score (nSPS) is 42.9. The molecule has 5 rings (SSSR count). The molecule has 109 valence electrons. The Morgan fingerprint density at radius 2 is 1.60 bits per heavy atom. The summed E-state index contributed by atoms with van der Waals surface area (Å²) >= 11 is 0. The third kappa shape index (κ3) is 1.61. The summed E-state index contributed by atoms with van der Waals surface area (Å²) in [4.78, 5) is 12.5. The largest absolute Gasteiger partial charge is 0.292 e. The predicted molar refractivity (Wildman–Crippen MR) is 77.4 cm³/mol. The molecule has 0 saturated heterocycles. The van der Waals surface area contributed by atoms with Gasteiger partial charge in [-0.15, -0.1) is 5.43 Å². The van der Waals surface area contributed by atoms with Gasteiger partial charge in [0.15, 0.2) is 0 Å². The van der Waals surface area contributed by atoms with Crippen LogP contribution in [-0.2, 0) is 4.79 Å². The van der Waals surface area contributed by atoms with Crippen molar-refractivity contribution in [3.05, 3.63) is 11.3 Å². The molecule has 1 heterocycles. The van der Waals surface area contributed by atoms with E-state index in [1.54, 1.807) is 0 Å². The van der Waals surface area contributed by atoms with Gasteiger partial charge in [0.05, 0.1) is 0 Å². The number of carbonyl (C=O) groups is 1. The molecule has 20 heavy (non-hydrogen) atoms. The zero-order valence-electron chi connectivity index (χ0n) is 12.9. The molecule has 0 aromatic carbocycles. The summed E-state index contributed by atoms with van der Waals surface area (Å²) in [5, 5.41) is 1.95. The van der Waals surface area contributed by atoms with Gasteiger partial charge in [-0.05, 0) is 77.0 Å². The van der Waals surface area contributed by atoms with Gasteiger partial charge < -0.3 is 0 Å². The second-order valence-electron chi connectivity index (χ2n) is 8.00. The molecular formula is C17H25N2O. The SMILES string of the molecule is CC1=C(C23CC4CC(CC(C4)C2)C3)C(=O)[N]N1C(C)C. The van der Waals surface area contributed by atoms with Gasteiger partial charge in [0.2, 0.25) is 0 Å². The van der Waals surface area contributed by atoms with Crippen LogP contribution in [0, 0.1) is 23.2 Å². The zero-order valence-corrected chi connectivity index (χ0v) is 12.9. The molecule has 1 radical (unpaired) electrons. The van der Waals surface area contributed by atoms with E-state index < -0.39 is 0 Å². The molecule has 3 heteroatoms. The fourth-order valence-electron chi connectivity index (χ4n) is 6.02. The number of amides is 1. The summed E-state index contributed by atoms with van der Waals surface area (Å²) in [6, 6.07) is 0.283. The van der Waals surface area contributed by atoms with Gasteiger partial charge in [-0.1, -0.05) is 0 Å². The number of nitrogens with zero attached hydrogens (tertiary/aromatic N) is 2. The standard InChI is InChI=1S/C17H25N2O/c1-10(2)19-11(3)15(16(20)18-19)17-7-12-4-13(8-17)6-14(5-12)9-17/h10,12-14H,4-9H2,1-3H3. The van der Waals surface area contributed by atoms with Crippen molar-refractivity contribution >= 4 is 5.91 Å². The number of hydrogen-bond donors (Lipinski definition) is 0. The molecule has 4 aliphatic carbocycles. The maximum absolute atomic E-state index is 12.5. The lowest BCUT2D eigenvalue weighted by Crippen LogP contribution is -2.48. The lowest BCUT2D eigenvalue weighted by atomic mass is 9.47. The molecule has 4 bridgehead atoms. The van der Waals surface area contributed by atoms with Gasteiger partial charge in [-0.2, -0.15) is 0 Å². The summed E-state index contributed by atoms with van der Waals surface area (Å²) in [6.45, 7) is 6.34. The topological polar surface area (TPSA) is 34.4 Å². The van der Waals surface area contributed by atoms with Gasteiger partial charge >= 0.3 is 0 Å². The molecule has 0 N–H and O–H groups in total. The summed E-state index contributed by atoms with van der Waals surface area (Å²) in [7, 11) is 0. The van der Waals surface area contributed by atoms with Crippen molar-refractivity contribution < 1.29 is 4.79 Å². The smallest absolute Gasteiger partial charge is 0.265 e. The molecule has 4 fully saturated rings. The van der Waals surface area contributed by atoms with E-state index in [4.69, 9.17) is 0 Å². The van der Waals surface area contributed by atoms with Gasteiger partial charge in [0.25, 0.3) is 5.91 Å². The number of hydrogen-bond acceptors (Lipinski definition) is 2. The van der Waals surface area contributed by atoms with E-state index >= 15 is 0 Å². The first-order chi connectivity index (χ1) is 9.48. The Labute approximate surface area is 121 Å². The van der Waals surface area contributed by atoms with Gasteiger partial charge in [-0.25, -0.2) is 0 Å². The molecule has 0 unspecified atom stereocenters. The Morgan fingerprint density at radius 3 is 2.00 bits per heavy atom. The van der Waals surface area contributed by atoms with E-state index in [0.717, 1.165) is 29.0 Å². The van der Waals surface area contributed by atoms with Crippen LogP contribution in [0.5, 0.6) is 0 Å². The van der Waals surface area contributed by atoms with Crippen LogP contribution >= 0.6 is 0 Å². The number of allylic oxidation sites excluding steroid dienone is 1. The van der Waals surface area contributed by atoms with Crippen LogP contribution in [0.15, 0.2) is 11.3 Å². The van der Waals surface area contributed by atoms with E-state index in [9.17, 15) is 4.79 Å². The van der Waals surface area contributed by atoms with Crippen LogP contribution in [0.25, 0.3) is 0 Å². The van der Waals surface area contributed by atoms with Crippen LogP contribution in [-0.4, -0.2) is 17.0 Å². The van der Waals surface area contributed by atoms with E-state index in [0.29, 0.717) is 0 Å². The van der Waals surface area contributed by atoms with Crippen molar-refractivity contribution in [2.24, 2.45) is 23.2 Å². The van der Waals surface area contributed by atoms with Crippen LogP contribution < -0.4 is 5.43 Å². The second kappa shape index (κ2) is 4.02. The molecule has 4 saturated carbocycles. The van der Waals surface area contributed by atoms with Gasteiger partial charge in [0, 0.05) is 22.7 Å². The summed E-state index contributed by atoms with van der Waals surface area (Å²) < 4.78 is 0. The van der Waals surface area contributed by atoms with Crippen molar-refractivity contribution in [3.8, 4) is 0 Å². The van der Waals surface area contributed by atoms with Crippen molar-refractivity contribution in [1.29, 1.82) is 0 Å². The van der Waals surface area contributed by atoms with Crippen molar-refractivity contribution in [1.82, 2.24) is 10.4 Å². The molecule has 5 aliphatic rings. The van der Waals surface area contributed by atoms with E-state index in [-0.39, 0.29) is 17.4 Å². The highest BCUT2D eigenvalue weighted by molar-refractivity contribution is 5.97. The summed E-state index contributed by atoms with van der Waals surface area (Å²) in [5.41, 5.74) is 6.75. The number of carbonyl (C=O) groups excluding carboxylic acids is 1. The Hall–Kier alpha value is -0.990. The average molecular weight is 273 g/mol. The predicted octanol–water partition coefficient (Wildman–Crippen LogP) is 3.25. The molecule has 0 spiro atoms. The van der Waals surface area contributed by atoms with Crippen LogP contribution in [0.2, 0.25) is 0 Å². The first kappa shape index (κ1) is 12.7. The highest BCUT2D eigenvalue weighted by atomic mass is 16.2. The fourth-order valence-corrected chi connectivity index (χ4v) is 6.02. The van der Waals surface area contributed by atoms with Crippen LogP contribution in [0.1, 0.15) is 59.3 Å². The fraction of sp³-hybridized carbons (Fsp3) is 0.824. The van der Waals surface area contributed by atoms with Gasteiger partial charge in [0.1, 0.15) is 0 Å². The lowest BCUT2D eigenvalue weighted by molar-refractivity contribution is -0.123. The monoisotopic (exact) mass is 273 g/mol. The average Bonchev–Trinajstić information content (AvgIpc) is 2.63. The van der Waals surface area contributed by atoms with Crippen LogP contribution in [0.3, 0.4) is 0 Å². The Kier molecular flexibility index (Phi) is 2.56. The zero-order chi connectivity index (χ0) is 14.1. The Balaban J connectivity index is 1.75. The molecule has 0 atom stereocenters. The van der Waals surface area contributed by atoms with E-state index in [1.807, 2.05) is 5.01 Å². The summed E-state index contributed by atoms with van der Waals surface area (Å²) in [6.07, 6.45) is 8.01. The summed E-state index contributed by atoms with van der Waals surface area (Å²) in [5.74, 6) is 2.70. The molecule has 1 aliphatic heterocycles. The maximum Gasteiger partial charge on any atom is 0.292 e. The molecule has 0 aromatic rings. The lowest BCUT2D eigenvalue weighted by Gasteiger charge is -2.57. The Bertz CT molecular complexity index is 456. The first-order valence-corrected chi connectivity index (χ1v) is 8.25. The third-order valence-electron chi connectivity index (χ3n) is 6.18. The minimum absolute atomic E-state index is 0.0677. The van der Waals surface area contributed by atoms with Crippen molar-refractivity contribution in [3.63, 3.8) is 0 Å². The van der Waals surface area contributed by atoms with Crippen molar-refractivity contribution in [2.75, 3.05) is 0 Å². The molecule has 0 aromatic heterocycles. The van der Waals surface area contributed by atoms with Crippen molar-refractivity contribution in [2.45, 2.75) is 65.3 Å². The quantitative estimate of drug-likeness (QED) is 0.774. The highest BCUT2D eigenvalue weighted by Gasteiger charge is 2.56. The molecular weight excluding hydrogens is 248 g/mol. The van der Waals surface area contributed by atoms with Gasteiger partial charge in [-0.3, -0.25) is 9.80 Å². The van der Waals surface area contributed by atoms with E-state index in [2.05, 4.69) is 26.2 Å². The number of rotatable bonds is 2.